The number of hydrogen-bond donors (Lipinski definition) is 2. The summed E-state index contributed by atoms with van der Waals surface area (Å²) in [5.41, 5.74) is 4.40. The first kappa shape index (κ1) is 22.9. The summed E-state index contributed by atoms with van der Waals surface area (Å²) in [5, 5.41) is 19.6. The molecule has 29 heavy (non-hydrogen) atoms. The molecule has 1 aromatic rings. The molecule has 1 aliphatic rings. The average molecular weight is 397 g/mol. The van der Waals surface area contributed by atoms with Crippen LogP contribution in [0.1, 0.15) is 78.7 Å². The summed E-state index contributed by atoms with van der Waals surface area (Å²) >= 11 is 0. The predicted molar refractivity (Wildman–Crippen MR) is 122 cm³/mol. The molecule has 0 aromatic heterocycles. The van der Waals surface area contributed by atoms with Crippen molar-refractivity contribution in [3.05, 3.63) is 58.7 Å². The molecule has 2 N–H and O–H groups in total. The van der Waals surface area contributed by atoms with E-state index < -0.39 is 5.60 Å². The second kappa shape index (κ2) is 10.4. The average Bonchev–Trinajstić information content (AvgIpc) is 2.64. The number of fused-ring (bicyclic) bond motifs is 1. The minimum absolute atomic E-state index is 0.124. The van der Waals surface area contributed by atoms with Gasteiger partial charge < -0.3 is 14.9 Å². The van der Waals surface area contributed by atoms with Gasteiger partial charge in [0.1, 0.15) is 11.4 Å². The second-order valence-electron chi connectivity index (χ2n) is 8.59. The number of hydrogen-bond acceptors (Lipinski definition) is 3. The number of phenolic OH excluding ortho intramolecular Hbond substituents is 2. The highest BCUT2D eigenvalue weighted by Crippen LogP contribution is 2.42. The highest BCUT2D eigenvalue weighted by Gasteiger charge is 2.28. The number of phenols is 2. The van der Waals surface area contributed by atoms with Crippen LogP contribution in [-0.4, -0.2) is 15.8 Å². The zero-order valence-corrected chi connectivity index (χ0v) is 18.6. The van der Waals surface area contributed by atoms with Crippen molar-refractivity contribution in [1.82, 2.24) is 0 Å². The van der Waals surface area contributed by atoms with Crippen LogP contribution in [0.5, 0.6) is 17.2 Å². The molecule has 0 aliphatic carbocycles. The normalized spacial score (nSPS) is 18.9. The fourth-order valence-electron chi connectivity index (χ4n) is 3.45. The Kier molecular flexibility index (Phi) is 8.19. The van der Waals surface area contributed by atoms with Gasteiger partial charge in [-0.1, -0.05) is 34.9 Å². The fourth-order valence-corrected chi connectivity index (χ4v) is 3.45. The van der Waals surface area contributed by atoms with Gasteiger partial charge >= 0.3 is 0 Å². The third kappa shape index (κ3) is 7.16. The van der Waals surface area contributed by atoms with Crippen molar-refractivity contribution in [3.63, 3.8) is 0 Å². The fraction of sp³-hybridized carbons (Fsp3) is 0.462. The lowest BCUT2D eigenvalue weighted by Crippen LogP contribution is -2.31. The number of allylic oxidation sites excluding steroid dienone is 6. The second-order valence-corrected chi connectivity index (χ2v) is 8.59. The van der Waals surface area contributed by atoms with Crippen molar-refractivity contribution in [1.29, 1.82) is 0 Å². The molecule has 158 valence electrons. The molecule has 0 saturated carbocycles. The first-order valence-corrected chi connectivity index (χ1v) is 10.6. The van der Waals surface area contributed by atoms with E-state index in [4.69, 9.17) is 4.74 Å². The zero-order valence-electron chi connectivity index (χ0n) is 18.6. The lowest BCUT2D eigenvalue weighted by molar-refractivity contribution is 0.128. The minimum Gasteiger partial charge on any atom is -0.504 e. The van der Waals surface area contributed by atoms with E-state index in [1.165, 1.54) is 22.8 Å². The number of aromatic hydroxyl groups is 2. The molecule has 0 fully saturated rings. The molecule has 1 heterocycles. The molecular weight excluding hydrogens is 360 g/mol. The Balaban J connectivity index is 1.80. The first-order valence-electron chi connectivity index (χ1n) is 10.6. The summed E-state index contributed by atoms with van der Waals surface area (Å²) in [5.74, 6) is 0.362. The molecule has 1 atom stereocenters. The van der Waals surface area contributed by atoms with Gasteiger partial charge in [-0.15, -0.1) is 0 Å². The Labute approximate surface area is 176 Å². The maximum Gasteiger partial charge on any atom is 0.168 e. The number of ether oxygens (including phenoxy) is 1. The molecule has 0 saturated heterocycles. The standard InChI is InChI=1S/C26H36O3/c1-19(2)9-6-10-20(3)11-7-12-21(4)13-8-17-26(5)18-16-22-24(29-26)15-14-23(27)25(22)28/h9,11,13-16,18,27-28H,6-8,10,12,17H2,1-5H3/b20-11+,21-13+. The highest BCUT2D eigenvalue weighted by molar-refractivity contribution is 5.70. The predicted octanol–water partition coefficient (Wildman–Crippen LogP) is 7.46. The zero-order chi connectivity index (χ0) is 21.4. The summed E-state index contributed by atoms with van der Waals surface area (Å²) in [6.45, 7) is 10.8. The topological polar surface area (TPSA) is 49.7 Å². The largest absolute Gasteiger partial charge is 0.504 e. The quantitative estimate of drug-likeness (QED) is 0.336. The third-order valence-corrected chi connectivity index (χ3v) is 5.36. The van der Waals surface area contributed by atoms with E-state index in [0.717, 1.165) is 38.5 Å². The molecule has 3 heteroatoms. The van der Waals surface area contributed by atoms with Crippen LogP contribution in [0.4, 0.5) is 0 Å². The van der Waals surface area contributed by atoms with Gasteiger partial charge in [0, 0.05) is 0 Å². The van der Waals surface area contributed by atoms with Gasteiger partial charge in [-0.2, -0.15) is 0 Å². The van der Waals surface area contributed by atoms with Crippen molar-refractivity contribution in [2.24, 2.45) is 0 Å². The number of benzene rings is 1. The van der Waals surface area contributed by atoms with Crippen molar-refractivity contribution in [3.8, 4) is 17.2 Å². The van der Waals surface area contributed by atoms with Crippen LogP contribution in [0.3, 0.4) is 0 Å². The van der Waals surface area contributed by atoms with E-state index in [0.29, 0.717) is 11.3 Å². The highest BCUT2D eigenvalue weighted by atomic mass is 16.5. The van der Waals surface area contributed by atoms with Crippen molar-refractivity contribution < 1.29 is 14.9 Å². The molecular formula is C26H36O3. The summed E-state index contributed by atoms with van der Waals surface area (Å²) < 4.78 is 6.10. The maximum absolute atomic E-state index is 9.96. The van der Waals surface area contributed by atoms with E-state index in [9.17, 15) is 10.2 Å². The van der Waals surface area contributed by atoms with Gasteiger partial charge in [-0.05, 0) is 97.4 Å². The van der Waals surface area contributed by atoms with Crippen LogP contribution in [0, 0.1) is 0 Å². The molecule has 1 aromatic carbocycles. The summed E-state index contributed by atoms with van der Waals surface area (Å²) in [7, 11) is 0. The van der Waals surface area contributed by atoms with E-state index in [-0.39, 0.29) is 11.5 Å². The smallest absolute Gasteiger partial charge is 0.168 e. The molecule has 0 spiro atoms. The molecule has 0 bridgehead atoms. The molecule has 0 amide bonds. The molecule has 1 unspecified atom stereocenters. The third-order valence-electron chi connectivity index (χ3n) is 5.36. The maximum atomic E-state index is 9.96. The van der Waals surface area contributed by atoms with Gasteiger partial charge in [0.25, 0.3) is 0 Å². The summed E-state index contributed by atoms with van der Waals surface area (Å²) in [4.78, 5) is 0. The van der Waals surface area contributed by atoms with Crippen LogP contribution >= 0.6 is 0 Å². The Morgan fingerprint density at radius 2 is 1.55 bits per heavy atom. The van der Waals surface area contributed by atoms with Gasteiger partial charge in [0.2, 0.25) is 0 Å². The van der Waals surface area contributed by atoms with E-state index >= 15 is 0 Å². The monoisotopic (exact) mass is 396 g/mol. The van der Waals surface area contributed by atoms with Crippen LogP contribution in [-0.2, 0) is 0 Å². The Morgan fingerprint density at radius 3 is 2.21 bits per heavy atom. The SMILES string of the molecule is CC(C)=CCC/C(C)=C/CC/C(C)=C/CCC1(C)C=Cc2c(ccc(O)c2O)O1. The van der Waals surface area contributed by atoms with Crippen LogP contribution in [0.15, 0.2) is 53.2 Å². The van der Waals surface area contributed by atoms with E-state index in [1.54, 1.807) is 6.07 Å². The van der Waals surface area contributed by atoms with E-state index in [2.05, 4.69) is 52.8 Å². The van der Waals surface area contributed by atoms with E-state index in [1.807, 2.05) is 12.2 Å². The van der Waals surface area contributed by atoms with Gasteiger partial charge in [0.15, 0.2) is 11.5 Å². The molecule has 2 rings (SSSR count). The van der Waals surface area contributed by atoms with Crippen molar-refractivity contribution in [2.45, 2.75) is 78.7 Å². The van der Waals surface area contributed by atoms with Gasteiger partial charge in [-0.3, -0.25) is 0 Å². The lowest BCUT2D eigenvalue weighted by Gasteiger charge is -2.31. The molecule has 1 aliphatic heterocycles. The summed E-state index contributed by atoms with van der Waals surface area (Å²) in [6.07, 6.45) is 17.0. The van der Waals surface area contributed by atoms with Crippen LogP contribution in [0.2, 0.25) is 0 Å². The van der Waals surface area contributed by atoms with Crippen molar-refractivity contribution in [2.75, 3.05) is 0 Å². The van der Waals surface area contributed by atoms with Crippen LogP contribution in [0.25, 0.3) is 6.08 Å². The molecule has 3 nitrogen and oxygen atoms in total. The van der Waals surface area contributed by atoms with Gasteiger partial charge in [0.05, 0.1) is 5.56 Å². The Morgan fingerprint density at radius 1 is 0.931 bits per heavy atom. The molecule has 0 radical (unpaired) electrons. The minimum atomic E-state index is -0.408. The van der Waals surface area contributed by atoms with Crippen molar-refractivity contribution >= 4 is 6.08 Å². The van der Waals surface area contributed by atoms with Gasteiger partial charge in [-0.25, -0.2) is 0 Å². The lowest BCUT2D eigenvalue weighted by atomic mass is 9.94. The Bertz CT molecular complexity index is 823. The number of rotatable bonds is 9. The van der Waals surface area contributed by atoms with Crippen LogP contribution < -0.4 is 4.74 Å². The first-order chi connectivity index (χ1) is 13.7. The summed E-state index contributed by atoms with van der Waals surface area (Å²) in [6, 6.07) is 3.17. The Hall–Kier alpha value is -2.42.